The molecule has 0 fully saturated rings. The Balaban J connectivity index is 2.62. The van der Waals surface area contributed by atoms with Crippen LogP contribution in [0, 0.1) is 0 Å². The third-order valence-corrected chi connectivity index (χ3v) is 5.39. The summed E-state index contributed by atoms with van der Waals surface area (Å²) in [5.41, 5.74) is 0.0463. The molecule has 0 spiro atoms. The maximum atomic E-state index is 13.1. The maximum absolute atomic E-state index is 13.1. The molecule has 25 heavy (non-hydrogen) atoms. The first-order valence-corrected chi connectivity index (χ1v) is 8.68. The number of methoxy groups -OCH3 is 1. The molecule has 0 saturated heterocycles. The number of ether oxygens (including phenoxy) is 1. The van der Waals surface area contributed by atoms with Crippen molar-refractivity contribution in [3.05, 3.63) is 47.0 Å². The van der Waals surface area contributed by atoms with Gasteiger partial charge in [-0.15, -0.1) is 0 Å². The Morgan fingerprint density at radius 1 is 1.12 bits per heavy atom. The summed E-state index contributed by atoms with van der Waals surface area (Å²) in [5, 5.41) is 0.221. The van der Waals surface area contributed by atoms with Crippen molar-refractivity contribution in [1.82, 2.24) is 4.90 Å². The molecule has 0 aliphatic carbocycles. The van der Waals surface area contributed by atoms with E-state index in [9.17, 15) is 13.2 Å². The molecule has 2 aromatic rings. The van der Waals surface area contributed by atoms with E-state index >= 15 is 0 Å². The largest absolute Gasteiger partial charge is 0.497 e. The van der Waals surface area contributed by atoms with E-state index in [1.165, 1.54) is 24.9 Å². The standard InChI is InChI=1S/C17H15ClF3NOS2/c1-22(2)16(24)25-15-7-5-11(23-3)9-13(15)12-8-10(17(19,20)21)4-6-14(12)18/h4-9H,1-3H3. The summed E-state index contributed by atoms with van der Waals surface area (Å²) in [6.45, 7) is 0. The number of alkyl halides is 3. The van der Waals surface area contributed by atoms with Crippen LogP contribution in [0.5, 0.6) is 5.75 Å². The van der Waals surface area contributed by atoms with Crippen molar-refractivity contribution < 1.29 is 17.9 Å². The van der Waals surface area contributed by atoms with E-state index in [-0.39, 0.29) is 10.6 Å². The van der Waals surface area contributed by atoms with Crippen molar-refractivity contribution in [2.24, 2.45) is 0 Å². The van der Waals surface area contributed by atoms with Gasteiger partial charge in [-0.25, -0.2) is 0 Å². The number of rotatable bonds is 3. The third kappa shape index (κ3) is 4.80. The zero-order valence-electron chi connectivity index (χ0n) is 13.6. The van der Waals surface area contributed by atoms with Crippen LogP contribution < -0.4 is 4.74 Å². The normalized spacial score (nSPS) is 11.3. The molecule has 2 rings (SSSR count). The molecule has 0 saturated carbocycles. The molecule has 0 N–H and O–H groups in total. The third-order valence-electron chi connectivity index (χ3n) is 3.33. The predicted molar refractivity (Wildman–Crippen MR) is 101 cm³/mol. The Kier molecular flexibility index (Phi) is 6.24. The van der Waals surface area contributed by atoms with Crippen LogP contribution in [0.1, 0.15) is 5.56 Å². The number of nitrogens with zero attached hydrogens (tertiary/aromatic N) is 1. The van der Waals surface area contributed by atoms with Crippen LogP contribution in [-0.4, -0.2) is 30.4 Å². The number of halogens is 4. The van der Waals surface area contributed by atoms with Crippen LogP contribution in [0.15, 0.2) is 41.3 Å². The maximum Gasteiger partial charge on any atom is 0.416 e. The molecule has 0 atom stereocenters. The van der Waals surface area contributed by atoms with Gasteiger partial charge in [-0.1, -0.05) is 35.6 Å². The Morgan fingerprint density at radius 3 is 2.36 bits per heavy atom. The molecule has 0 aromatic heterocycles. The van der Waals surface area contributed by atoms with Crippen LogP contribution in [0.3, 0.4) is 0 Å². The number of benzene rings is 2. The summed E-state index contributed by atoms with van der Waals surface area (Å²) in [7, 11) is 5.09. The van der Waals surface area contributed by atoms with Gasteiger partial charge in [-0.05, 0) is 36.4 Å². The van der Waals surface area contributed by atoms with Crippen molar-refractivity contribution in [1.29, 1.82) is 0 Å². The minimum absolute atomic E-state index is 0.221. The number of thiocarbonyl (C=S) groups is 1. The Morgan fingerprint density at radius 2 is 1.80 bits per heavy atom. The van der Waals surface area contributed by atoms with Gasteiger partial charge in [-0.3, -0.25) is 0 Å². The fourth-order valence-electron chi connectivity index (χ4n) is 2.03. The Hall–Kier alpha value is -1.44. The highest BCUT2D eigenvalue weighted by Gasteiger charge is 2.31. The lowest BCUT2D eigenvalue weighted by molar-refractivity contribution is -0.137. The van der Waals surface area contributed by atoms with E-state index in [2.05, 4.69) is 0 Å². The van der Waals surface area contributed by atoms with E-state index in [1.54, 1.807) is 37.2 Å². The van der Waals surface area contributed by atoms with E-state index in [1.807, 2.05) is 0 Å². The summed E-state index contributed by atoms with van der Waals surface area (Å²) in [6, 6.07) is 8.39. The van der Waals surface area contributed by atoms with Gasteiger partial charge in [0, 0.05) is 35.1 Å². The van der Waals surface area contributed by atoms with Gasteiger partial charge in [0.15, 0.2) is 0 Å². The molecule has 8 heteroatoms. The molecule has 0 radical (unpaired) electrons. The molecule has 0 bridgehead atoms. The van der Waals surface area contributed by atoms with Crippen molar-refractivity contribution in [2.45, 2.75) is 11.1 Å². The fraction of sp³-hybridized carbons (Fsp3) is 0.235. The molecule has 0 unspecified atom stereocenters. The molecule has 0 heterocycles. The fourth-order valence-corrected chi connectivity index (χ4v) is 3.30. The second-order valence-corrected chi connectivity index (χ2v) is 7.40. The molecule has 2 aromatic carbocycles. The minimum atomic E-state index is -4.45. The zero-order valence-corrected chi connectivity index (χ0v) is 16.0. The van der Waals surface area contributed by atoms with Gasteiger partial charge in [0.2, 0.25) is 0 Å². The van der Waals surface area contributed by atoms with Crippen molar-refractivity contribution in [3.8, 4) is 16.9 Å². The van der Waals surface area contributed by atoms with E-state index in [4.69, 9.17) is 28.6 Å². The van der Waals surface area contributed by atoms with Crippen LogP contribution in [-0.2, 0) is 6.18 Å². The minimum Gasteiger partial charge on any atom is -0.497 e. The zero-order chi connectivity index (χ0) is 18.8. The summed E-state index contributed by atoms with van der Waals surface area (Å²) < 4.78 is 45.0. The number of thioether (sulfide) groups is 1. The molecule has 0 amide bonds. The molecule has 134 valence electrons. The van der Waals surface area contributed by atoms with Crippen LogP contribution in [0.4, 0.5) is 13.2 Å². The second-order valence-electron chi connectivity index (χ2n) is 5.32. The smallest absolute Gasteiger partial charge is 0.416 e. The lowest BCUT2D eigenvalue weighted by Gasteiger charge is -2.17. The SMILES string of the molecule is COc1ccc(SC(=S)N(C)C)c(-c2cc(C(F)(F)F)ccc2Cl)c1. The average molecular weight is 406 g/mol. The van der Waals surface area contributed by atoms with Gasteiger partial charge >= 0.3 is 6.18 Å². The second kappa shape index (κ2) is 7.85. The number of hydrogen-bond donors (Lipinski definition) is 0. The van der Waals surface area contributed by atoms with Crippen molar-refractivity contribution in [2.75, 3.05) is 21.2 Å². The van der Waals surface area contributed by atoms with E-state index in [0.717, 1.165) is 12.1 Å². The van der Waals surface area contributed by atoms with Gasteiger partial charge in [0.1, 0.15) is 10.1 Å². The average Bonchev–Trinajstić information content (AvgIpc) is 2.54. The van der Waals surface area contributed by atoms with Crippen molar-refractivity contribution >= 4 is 39.9 Å². The van der Waals surface area contributed by atoms with Gasteiger partial charge in [0.05, 0.1) is 12.7 Å². The van der Waals surface area contributed by atoms with Crippen molar-refractivity contribution in [3.63, 3.8) is 0 Å². The molecule has 0 aliphatic heterocycles. The first-order valence-electron chi connectivity index (χ1n) is 7.07. The highest BCUT2D eigenvalue weighted by molar-refractivity contribution is 8.23. The summed E-state index contributed by atoms with van der Waals surface area (Å²) in [6.07, 6.45) is -4.45. The van der Waals surface area contributed by atoms with Gasteiger partial charge in [0.25, 0.3) is 0 Å². The Labute approximate surface area is 158 Å². The first-order chi connectivity index (χ1) is 11.6. The summed E-state index contributed by atoms with van der Waals surface area (Å²) in [5.74, 6) is 0.517. The first kappa shape index (κ1) is 19.9. The van der Waals surface area contributed by atoms with Crippen LogP contribution in [0.25, 0.3) is 11.1 Å². The predicted octanol–water partition coefficient (Wildman–Crippen LogP) is 5.97. The highest BCUT2D eigenvalue weighted by atomic mass is 35.5. The van der Waals surface area contributed by atoms with Gasteiger partial charge < -0.3 is 9.64 Å². The molecule has 2 nitrogen and oxygen atoms in total. The number of hydrogen-bond acceptors (Lipinski definition) is 3. The molecular weight excluding hydrogens is 391 g/mol. The molecular formula is C17H15ClF3NOS2. The summed E-state index contributed by atoms with van der Waals surface area (Å²) in [4.78, 5) is 2.45. The monoisotopic (exact) mass is 405 g/mol. The van der Waals surface area contributed by atoms with E-state index < -0.39 is 11.7 Å². The topological polar surface area (TPSA) is 12.5 Å². The highest BCUT2D eigenvalue weighted by Crippen LogP contribution is 2.41. The van der Waals surface area contributed by atoms with E-state index in [0.29, 0.717) is 20.5 Å². The summed E-state index contributed by atoms with van der Waals surface area (Å²) >= 11 is 12.8. The quantitative estimate of drug-likeness (QED) is 0.460. The van der Waals surface area contributed by atoms with Crippen LogP contribution in [0.2, 0.25) is 5.02 Å². The Bertz CT molecular complexity index is 794. The lowest BCUT2D eigenvalue weighted by Crippen LogP contribution is -2.15. The van der Waals surface area contributed by atoms with Crippen LogP contribution >= 0.6 is 35.6 Å². The lowest BCUT2D eigenvalue weighted by atomic mass is 10.0. The molecule has 0 aliphatic rings. The van der Waals surface area contributed by atoms with Gasteiger partial charge in [-0.2, -0.15) is 13.2 Å².